The first-order chi connectivity index (χ1) is 7.44. The molecule has 5 heteroatoms. The van der Waals surface area contributed by atoms with Gasteiger partial charge in [0.15, 0.2) is 0 Å². The summed E-state index contributed by atoms with van der Waals surface area (Å²) in [6.45, 7) is 5.00. The van der Waals surface area contributed by atoms with Crippen LogP contribution >= 0.6 is 43.2 Å². The number of hydrogen-bond acceptors (Lipinski definition) is 2. The Hall–Kier alpha value is 0.130. The van der Waals surface area contributed by atoms with Crippen LogP contribution in [0.4, 0.5) is 0 Å². The molecule has 0 aromatic carbocycles. The molecule has 1 N–H and O–H groups in total. The lowest BCUT2D eigenvalue weighted by atomic mass is 9.90. The van der Waals surface area contributed by atoms with Crippen LogP contribution < -0.4 is 5.32 Å². The Bertz CT molecular complexity index is 363. The van der Waals surface area contributed by atoms with Gasteiger partial charge in [-0.25, -0.2) is 0 Å². The molecule has 0 spiro atoms. The van der Waals surface area contributed by atoms with Crippen LogP contribution in [0.2, 0.25) is 0 Å². The quantitative estimate of drug-likeness (QED) is 0.780. The number of hydrogen-bond donors (Lipinski definition) is 1. The molecule has 1 rings (SSSR count). The van der Waals surface area contributed by atoms with Crippen molar-refractivity contribution < 1.29 is 4.79 Å². The monoisotopic (exact) mass is 367 g/mol. The highest BCUT2D eigenvalue weighted by atomic mass is 79.9. The largest absolute Gasteiger partial charge is 0.351 e. The van der Waals surface area contributed by atoms with E-state index in [2.05, 4.69) is 51.0 Å². The SMILES string of the molecule is CC(C)(CCBr)CNC(=O)c1ccc(Br)s1. The van der Waals surface area contributed by atoms with Gasteiger partial charge in [0, 0.05) is 11.9 Å². The van der Waals surface area contributed by atoms with Gasteiger partial charge in [0.25, 0.3) is 5.91 Å². The van der Waals surface area contributed by atoms with Crippen molar-refractivity contribution in [1.82, 2.24) is 5.32 Å². The molecule has 0 bridgehead atoms. The molecule has 0 atom stereocenters. The van der Waals surface area contributed by atoms with Gasteiger partial charge in [0.1, 0.15) is 0 Å². The Labute approximate surface area is 117 Å². The highest BCUT2D eigenvalue weighted by Gasteiger charge is 2.18. The van der Waals surface area contributed by atoms with E-state index >= 15 is 0 Å². The molecule has 16 heavy (non-hydrogen) atoms. The molecule has 0 unspecified atom stereocenters. The van der Waals surface area contributed by atoms with Crippen molar-refractivity contribution in [3.05, 3.63) is 20.8 Å². The molecule has 0 aliphatic heterocycles. The van der Waals surface area contributed by atoms with Crippen LogP contribution in [-0.4, -0.2) is 17.8 Å². The number of nitrogens with one attached hydrogen (secondary N) is 1. The molecule has 90 valence electrons. The number of amides is 1. The van der Waals surface area contributed by atoms with Crippen LogP contribution in [0.15, 0.2) is 15.9 Å². The molecule has 0 saturated carbocycles. The van der Waals surface area contributed by atoms with Crippen LogP contribution in [0.3, 0.4) is 0 Å². The summed E-state index contributed by atoms with van der Waals surface area (Å²) >= 11 is 8.23. The van der Waals surface area contributed by atoms with E-state index in [0.29, 0.717) is 6.54 Å². The van der Waals surface area contributed by atoms with Crippen molar-refractivity contribution in [3.63, 3.8) is 0 Å². The molecule has 1 aromatic heterocycles. The summed E-state index contributed by atoms with van der Waals surface area (Å²) in [5.74, 6) is 0.0124. The molecular weight excluding hydrogens is 354 g/mol. The lowest BCUT2D eigenvalue weighted by molar-refractivity contribution is 0.0940. The molecular formula is C11H15Br2NOS. The fourth-order valence-electron chi connectivity index (χ4n) is 1.19. The number of alkyl halides is 1. The maximum Gasteiger partial charge on any atom is 0.261 e. The highest BCUT2D eigenvalue weighted by molar-refractivity contribution is 9.11. The zero-order valence-corrected chi connectivity index (χ0v) is 13.3. The molecule has 0 fully saturated rings. The zero-order chi connectivity index (χ0) is 12.2. The van der Waals surface area contributed by atoms with Crippen LogP contribution in [0.5, 0.6) is 0 Å². The first-order valence-electron chi connectivity index (χ1n) is 5.04. The minimum Gasteiger partial charge on any atom is -0.351 e. The second-order valence-corrected chi connectivity index (χ2v) is 7.65. The average molecular weight is 369 g/mol. The van der Waals surface area contributed by atoms with Crippen LogP contribution in [0, 0.1) is 5.41 Å². The standard InChI is InChI=1S/C11H15Br2NOS/c1-11(2,5-6-12)7-14-10(15)8-3-4-9(13)16-8/h3-4H,5-7H2,1-2H3,(H,14,15). The van der Waals surface area contributed by atoms with Gasteiger partial charge < -0.3 is 5.32 Å². The summed E-state index contributed by atoms with van der Waals surface area (Å²) in [4.78, 5) is 12.5. The Kier molecular flexibility index (Phi) is 5.47. The van der Waals surface area contributed by atoms with Crippen molar-refractivity contribution in [1.29, 1.82) is 0 Å². The second-order valence-electron chi connectivity index (χ2n) is 4.39. The van der Waals surface area contributed by atoms with E-state index in [1.807, 2.05) is 12.1 Å². The normalized spacial score (nSPS) is 11.5. The number of carbonyl (C=O) groups excluding carboxylic acids is 1. The van der Waals surface area contributed by atoms with Crippen molar-refractivity contribution in [2.75, 3.05) is 11.9 Å². The lowest BCUT2D eigenvalue weighted by Crippen LogP contribution is -2.33. The first kappa shape index (κ1) is 14.2. The van der Waals surface area contributed by atoms with E-state index in [-0.39, 0.29) is 11.3 Å². The third-order valence-electron chi connectivity index (χ3n) is 2.30. The summed E-state index contributed by atoms with van der Waals surface area (Å²) < 4.78 is 0.984. The molecule has 0 aliphatic carbocycles. The molecule has 0 aliphatic rings. The van der Waals surface area contributed by atoms with E-state index in [1.54, 1.807) is 0 Å². The van der Waals surface area contributed by atoms with Gasteiger partial charge in [-0.2, -0.15) is 0 Å². The summed E-state index contributed by atoms with van der Waals surface area (Å²) in [6.07, 6.45) is 1.04. The fraction of sp³-hybridized carbons (Fsp3) is 0.545. The van der Waals surface area contributed by atoms with Gasteiger partial charge in [-0.15, -0.1) is 11.3 Å². The Morgan fingerprint density at radius 2 is 2.19 bits per heavy atom. The Balaban J connectivity index is 2.47. The molecule has 1 amide bonds. The van der Waals surface area contributed by atoms with Crippen LogP contribution in [0.1, 0.15) is 29.9 Å². The van der Waals surface area contributed by atoms with Crippen molar-refractivity contribution in [3.8, 4) is 0 Å². The van der Waals surface area contributed by atoms with E-state index in [9.17, 15) is 4.79 Å². The van der Waals surface area contributed by atoms with Gasteiger partial charge in [-0.1, -0.05) is 29.8 Å². The highest BCUT2D eigenvalue weighted by Crippen LogP contribution is 2.23. The van der Waals surface area contributed by atoms with Crippen LogP contribution in [-0.2, 0) is 0 Å². The average Bonchev–Trinajstić information content (AvgIpc) is 2.61. The lowest BCUT2D eigenvalue weighted by Gasteiger charge is -2.23. The summed E-state index contributed by atoms with van der Waals surface area (Å²) in [5, 5.41) is 3.93. The van der Waals surface area contributed by atoms with Gasteiger partial charge >= 0.3 is 0 Å². The smallest absolute Gasteiger partial charge is 0.261 e. The van der Waals surface area contributed by atoms with Gasteiger partial charge in [-0.3, -0.25) is 4.79 Å². The molecule has 1 aromatic rings. The summed E-state index contributed by atoms with van der Waals surface area (Å²) in [6, 6.07) is 3.73. The van der Waals surface area contributed by atoms with Gasteiger partial charge in [0.05, 0.1) is 8.66 Å². The molecule has 2 nitrogen and oxygen atoms in total. The first-order valence-corrected chi connectivity index (χ1v) is 7.77. The van der Waals surface area contributed by atoms with Crippen LogP contribution in [0.25, 0.3) is 0 Å². The predicted molar refractivity (Wildman–Crippen MR) is 76.5 cm³/mol. The van der Waals surface area contributed by atoms with Gasteiger partial charge in [0.2, 0.25) is 0 Å². The van der Waals surface area contributed by atoms with Crippen molar-refractivity contribution in [2.24, 2.45) is 5.41 Å². The minimum atomic E-state index is 0.0124. The van der Waals surface area contributed by atoms with E-state index < -0.39 is 0 Å². The minimum absolute atomic E-state index is 0.0124. The number of halogens is 2. The fourth-order valence-corrected chi connectivity index (χ4v) is 3.56. The maximum atomic E-state index is 11.8. The third-order valence-corrected chi connectivity index (χ3v) is 4.31. The molecule has 0 saturated heterocycles. The van der Waals surface area contributed by atoms with E-state index in [4.69, 9.17) is 0 Å². The summed E-state index contributed by atoms with van der Waals surface area (Å²) in [7, 11) is 0. The third kappa shape index (κ3) is 4.55. The number of carbonyl (C=O) groups is 1. The number of rotatable bonds is 5. The number of thiophene rings is 1. The van der Waals surface area contributed by atoms with E-state index in [1.165, 1.54) is 11.3 Å². The molecule has 0 radical (unpaired) electrons. The Morgan fingerprint density at radius 3 is 2.69 bits per heavy atom. The van der Waals surface area contributed by atoms with E-state index in [0.717, 1.165) is 20.4 Å². The zero-order valence-electron chi connectivity index (χ0n) is 9.35. The Morgan fingerprint density at radius 1 is 1.50 bits per heavy atom. The van der Waals surface area contributed by atoms with Crippen molar-refractivity contribution >= 4 is 49.1 Å². The second kappa shape index (κ2) is 6.17. The maximum absolute atomic E-state index is 11.8. The van der Waals surface area contributed by atoms with Gasteiger partial charge in [-0.05, 0) is 39.9 Å². The summed E-state index contributed by atoms with van der Waals surface area (Å²) in [5.41, 5.74) is 0.133. The predicted octanol–water partition coefficient (Wildman–Crippen LogP) is 4.05. The topological polar surface area (TPSA) is 29.1 Å². The molecule has 1 heterocycles. The van der Waals surface area contributed by atoms with Crippen molar-refractivity contribution in [2.45, 2.75) is 20.3 Å².